The van der Waals surface area contributed by atoms with Crippen LogP contribution in [0.4, 0.5) is 5.69 Å². The van der Waals surface area contributed by atoms with Crippen LogP contribution in [0.15, 0.2) is 47.5 Å². The minimum Gasteiger partial charge on any atom is -0.508 e. The van der Waals surface area contributed by atoms with Crippen LogP contribution in [0.1, 0.15) is 179 Å². The van der Waals surface area contributed by atoms with Gasteiger partial charge in [0.15, 0.2) is 5.78 Å². The molecule has 0 unspecified atom stereocenters. The molecule has 8 N–H and O–H groups in total. The lowest BCUT2D eigenvalue weighted by molar-refractivity contribution is -0.208. The van der Waals surface area contributed by atoms with Crippen molar-refractivity contribution in [2.75, 3.05) is 25.9 Å². The van der Waals surface area contributed by atoms with Crippen LogP contribution in [0.2, 0.25) is 0 Å². The number of nitrogen functional groups attached to an aromatic ring is 1. The molecule has 9 rings (SSSR count). The molecule has 2 heterocycles. The third-order valence-corrected chi connectivity index (χ3v) is 20.4. The van der Waals surface area contributed by atoms with Crippen molar-refractivity contribution >= 4 is 17.3 Å². The van der Waals surface area contributed by atoms with Gasteiger partial charge in [-0.1, -0.05) is 78.5 Å². The monoisotopic (exact) mass is 950 g/mol. The minimum atomic E-state index is -0.918. The fourth-order valence-corrected chi connectivity index (χ4v) is 17.8. The van der Waals surface area contributed by atoms with E-state index in [1.165, 1.54) is 16.7 Å². The Balaban J connectivity index is 1.05. The number of aliphatic hydroxyl groups is 3. The normalized spacial score (nSPS) is 40.9. The summed E-state index contributed by atoms with van der Waals surface area (Å²) in [6.07, 6.45) is 10.4. The van der Waals surface area contributed by atoms with E-state index < -0.39 is 44.9 Å². The molecule has 69 heavy (non-hydrogen) atoms. The summed E-state index contributed by atoms with van der Waals surface area (Å²) < 4.78 is 6.62. The highest BCUT2D eigenvalue weighted by Crippen LogP contribution is 2.76. The molecule has 2 aromatic carbocycles. The van der Waals surface area contributed by atoms with Crippen molar-refractivity contribution in [1.82, 2.24) is 10.6 Å². The summed E-state index contributed by atoms with van der Waals surface area (Å²) >= 11 is 0. The topological polar surface area (TPSA) is 178 Å². The molecule has 0 radical (unpaired) electrons. The summed E-state index contributed by atoms with van der Waals surface area (Å²) in [5.74, 6) is 1.13. The molecule has 0 aromatic heterocycles. The first kappa shape index (κ1) is 50.8. The van der Waals surface area contributed by atoms with Crippen LogP contribution in [0.25, 0.3) is 0 Å². The average Bonchev–Trinajstić information content (AvgIpc) is 3.56. The molecule has 15 atom stereocenters. The number of Topliss-reactive ketones (excluding diaryl/α,β-unsaturated/α-hetero) is 2. The van der Waals surface area contributed by atoms with Gasteiger partial charge in [-0.25, -0.2) is 0 Å². The number of fused-ring (bicyclic) bond motifs is 4. The van der Waals surface area contributed by atoms with E-state index in [-0.39, 0.29) is 59.7 Å². The number of hydrogen-bond acceptors (Lipinski definition) is 10. The molecule has 10 heteroatoms. The highest BCUT2D eigenvalue weighted by atomic mass is 16.6. The number of β-amino-alcohol motifs (C(OH)–C–C–N with tert-alkyl or cyclic N) is 1. The Hall–Kier alpha value is -3.12. The predicted molar refractivity (Wildman–Crippen MR) is 273 cm³/mol. The van der Waals surface area contributed by atoms with E-state index in [0.717, 1.165) is 80.2 Å². The number of ketones is 2. The number of benzene rings is 2. The molecule has 5 aliphatic carbocycles. The summed E-state index contributed by atoms with van der Waals surface area (Å²) in [6, 6.07) is 12.1. The van der Waals surface area contributed by atoms with Crippen molar-refractivity contribution in [2.45, 2.75) is 200 Å². The smallest absolute Gasteiger partial charge is 0.159 e. The van der Waals surface area contributed by atoms with Gasteiger partial charge in [0.05, 0.1) is 17.3 Å². The Labute approximate surface area is 413 Å². The lowest BCUT2D eigenvalue weighted by atomic mass is 9.33. The number of anilines is 1. The van der Waals surface area contributed by atoms with Crippen LogP contribution >= 0.6 is 0 Å². The van der Waals surface area contributed by atoms with Gasteiger partial charge in [0.1, 0.15) is 17.6 Å². The SMILES string of the molecule is CNCc1cc(O)cc([C@H]2C[C@@]3(C)[C@H]4CCC5=C([C@H](C)C[C@@H](O)[C@H]6O[C@]6(C)[C@@H]6CCC[C@H]6c6cc(N)cc(CC(C)C)c6)C(=O)C[C@]5(C)[C@@]4(CCO)C[C@@H]4NC[C@](C)(O)CCCC[C@@](C)(C2=O)[C@H]43)c1. The fourth-order valence-electron chi connectivity index (χ4n) is 17.8. The zero-order valence-corrected chi connectivity index (χ0v) is 43.6. The number of nitrogens with one attached hydrogen (secondary N) is 2. The third-order valence-electron chi connectivity index (χ3n) is 20.4. The number of allylic oxidation sites excluding steroid dienone is 2. The third kappa shape index (κ3) is 8.58. The largest absolute Gasteiger partial charge is 0.508 e. The molecule has 6 fully saturated rings. The van der Waals surface area contributed by atoms with Crippen LogP contribution in [-0.4, -0.2) is 81.6 Å². The second kappa shape index (κ2) is 18.4. The molecular formula is C59H87N3O7. The Bertz CT molecular complexity index is 2330. The number of aliphatic hydroxyl groups excluding tert-OH is 2. The quantitative estimate of drug-likeness (QED) is 0.0756. The summed E-state index contributed by atoms with van der Waals surface area (Å²) in [7, 11) is 1.89. The van der Waals surface area contributed by atoms with Crippen LogP contribution in [-0.2, 0) is 27.3 Å². The minimum absolute atomic E-state index is 0.0176. The van der Waals surface area contributed by atoms with E-state index in [2.05, 4.69) is 83.4 Å². The van der Waals surface area contributed by atoms with Crippen molar-refractivity contribution in [1.29, 1.82) is 0 Å². The van der Waals surface area contributed by atoms with Crippen LogP contribution in [0.5, 0.6) is 5.75 Å². The summed E-state index contributed by atoms with van der Waals surface area (Å²) in [5.41, 5.74) is 10.2. The van der Waals surface area contributed by atoms with Gasteiger partial charge in [-0.3, -0.25) is 9.59 Å². The van der Waals surface area contributed by atoms with Gasteiger partial charge in [0.2, 0.25) is 0 Å². The number of ether oxygens (including phenoxy) is 1. The number of phenolic OH excluding ortho intramolecular Hbond substituents is 1. The molecule has 0 spiro atoms. The molecule has 4 saturated carbocycles. The molecule has 380 valence electrons. The van der Waals surface area contributed by atoms with Crippen LogP contribution in [0, 0.1) is 51.2 Å². The van der Waals surface area contributed by atoms with E-state index in [0.29, 0.717) is 63.5 Å². The van der Waals surface area contributed by atoms with Gasteiger partial charge in [-0.05, 0) is 190 Å². The van der Waals surface area contributed by atoms with Crippen molar-refractivity contribution in [3.8, 4) is 5.75 Å². The van der Waals surface area contributed by atoms with Gasteiger partial charge in [-0.15, -0.1) is 0 Å². The predicted octanol–water partition coefficient (Wildman–Crippen LogP) is 9.45. The van der Waals surface area contributed by atoms with E-state index >= 15 is 4.79 Å². The average molecular weight is 950 g/mol. The number of hydrogen-bond donors (Lipinski definition) is 7. The van der Waals surface area contributed by atoms with E-state index in [1.54, 1.807) is 12.1 Å². The molecule has 7 aliphatic rings. The first-order valence-corrected chi connectivity index (χ1v) is 27.1. The molecule has 2 saturated heterocycles. The maximum atomic E-state index is 15.5. The first-order valence-electron chi connectivity index (χ1n) is 27.1. The van der Waals surface area contributed by atoms with E-state index in [9.17, 15) is 25.2 Å². The van der Waals surface area contributed by atoms with Crippen molar-refractivity contribution < 1.29 is 34.8 Å². The number of phenols is 1. The van der Waals surface area contributed by atoms with Gasteiger partial charge in [0, 0.05) is 54.6 Å². The maximum Gasteiger partial charge on any atom is 0.159 e. The standard InChI is InChI=1S/C59H87N3O7/c1-34(2)21-36-23-38(27-40(60)25-36)42-13-12-14-44(42)58(8)53(69-58)47(65)22-35(3)50-45-15-16-49-56(6)29-43(39-24-37(32-61-9)26-41(64)28-39)52(67)55(5)18-11-10-17-54(4,68)33-62-46(51(55)56)30-59(49,19-20-63)57(45,7)31-48(50)66/h23-28,34-35,42-44,46-47,49,51,53,61-65,68H,10-22,29-33,60H2,1-9H3/t35-,42+,43-,44-,46+,47-,49-,51+,53-,54-,55-,56+,57+,58-,59+/m1/s1. The van der Waals surface area contributed by atoms with Crippen molar-refractivity contribution in [2.24, 2.45) is 51.2 Å². The number of carbonyl (C=O) groups is 2. The van der Waals surface area contributed by atoms with Crippen LogP contribution < -0.4 is 16.4 Å². The number of nitrogens with two attached hydrogens (primary N) is 1. The molecular weight excluding hydrogens is 863 g/mol. The second-order valence-corrected chi connectivity index (χ2v) is 25.6. The molecule has 10 nitrogen and oxygen atoms in total. The summed E-state index contributed by atoms with van der Waals surface area (Å²) in [6.45, 7) is 18.6. The zero-order chi connectivity index (χ0) is 49.6. The van der Waals surface area contributed by atoms with E-state index in [1.807, 2.05) is 14.0 Å². The highest BCUT2D eigenvalue weighted by molar-refractivity contribution is 6.00. The first-order chi connectivity index (χ1) is 32.5. The van der Waals surface area contributed by atoms with Gasteiger partial charge in [0.25, 0.3) is 0 Å². The molecule has 0 amide bonds. The van der Waals surface area contributed by atoms with Gasteiger partial charge < -0.3 is 41.5 Å². The molecule has 2 aromatic rings. The summed E-state index contributed by atoms with van der Waals surface area (Å²) in [4.78, 5) is 30.5. The Morgan fingerprint density at radius 3 is 2.38 bits per heavy atom. The number of carbonyl (C=O) groups excluding carboxylic acids is 2. The molecule has 0 bridgehead atoms. The fraction of sp³-hybridized carbons (Fsp3) is 0.729. The van der Waals surface area contributed by atoms with Crippen molar-refractivity contribution in [3.63, 3.8) is 0 Å². The Morgan fingerprint density at radius 1 is 0.913 bits per heavy atom. The van der Waals surface area contributed by atoms with Gasteiger partial charge in [-0.2, -0.15) is 0 Å². The highest BCUT2D eigenvalue weighted by Gasteiger charge is 2.73. The Kier molecular flexibility index (Phi) is 13.6. The van der Waals surface area contributed by atoms with E-state index in [4.69, 9.17) is 10.5 Å². The number of rotatable bonds is 13. The Morgan fingerprint density at radius 2 is 1.65 bits per heavy atom. The maximum absolute atomic E-state index is 15.5. The zero-order valence-electron chi connectivity index (χ0n) is 43.6. The lowest BCUT2D eigenvalue weighted by Crippen LogP contribution is -2.71. The number of aromatic hydroxyl groups is 1. The van der Waals surface area contributed by atoms with Crippen LogP contribution in [0.3, 0.4) is 0 Å². The van der Waals surface area contributed by atoms with Gasteiger partial charge >= 0.3 is 0 Å². The van der Waals surface area contributed by atoms with Crippen molar-refractivity contribution in [3.05, 3.63) is 69.8 Å². The lowest BCUT2D eigenvalue weighted by Gasteiger charge is -2.71. The molecule has 2 aliphatic heterocycles. The number of epoxide rings is 1. The second-order valence-electron chi connectivity index (χ2n) is 25.6. The summed E-state index contributed by atoms with van der Waals surface area (Å²) in [5, 5.41) is 53.5.